The van der Waals surface area contributed by atoms with E-state index in [2.05, 4.69) is 6.58 Å². The summed E-state index contributed by atoms with van der Waals surface area (Å²) in [7, 11) is 0. The Labute approximate surface area is 94.8 Å². The van der Waals surface area contributed by atoms with Crippen molar-refractivity contribution >= 4 is 23.0 Å². The lowest BCUT2D eigenvalue weighted by Crippen LogP contribution is -2.12. The monoisotopic (exact) mass is 220 g/mol. The Kier molecular flexibility index (Phi) is 2.66. The zero-order chi connectivity index (χ0) is 11.0. The fourth-order valence-corrected chi connectivity index (χ4v) is 2.31. The molecule has 0 bridgehead atoms. The van der Waals surface area contributed by atoms with Gasteiger partial charge in [0.2, 0.25) is 0 Å². The van der Waals surface area contributed by atoms with Crippen LogP contribution in [0.1, 0.15) is 41.3 Å². The van der Waals surface area contributed by atoms with Crippen LogP contribution in [-0.2, 0) is 6.42 Å². The molecule has 1 aromatic rings. The molecule has 15 heavy (non-hydrogen) atoms. The minimum absolute atomic E-state index is 0.209. The number of Topliss-reactive ketones (excluding diaryl/α,β-unsaturated/α-hetero) is 1. The van der Waals surface area contributed by atoms with Crippen molar-refractivity contribution in [3.63, 3.8) is 0 Å². The lowest BCUT2D eigenvalue weighted by molar-refractivity contribution is 0.0972. The molecule has 1 nitrogen and oxygen atoms in total. The number of benzene rings is 1. The van der Waals surface area contributed by atoms with Crippen molar-refractivity contribution in [1.29, 1.82) is 0 Å². The van der Waals surface area contributed by atoms with Crippen molar-refractivity contribution < 1.29 is 4.79 Å². The van der Waals surface area contributed by atoms with Gasteiger partial charge in [0.1, 0.15) is 0 Å². The first-order chi connectivity index (χ1) is 7.09. The minimum atomic E-state index is 0.209. The first kappa shape index (κ1) is 10.4. The largest absolute Gasteiger partial charge is 0.294 e. The highest BCUT2D eigenvalue weighted by molar-refractivity contribution is 6.31. The summed E-state index contributed by atoms with van der Waals surface area (Å²) < 4.78 is 0. The molecule has 78 valence electrons. The van der Waals surface area contributed by atoms with Crippen molar-refractivity contribution in [2.45, 2.75) is 26.2 Å². The Morgan fingerprint density at radius 3 is 2.80 bits per heavy atom. The average Bonchev–Trinajstić information content (AvgIpc) is 2.18. The minimum Gasteiger partial charge on any atom is -0.294 e. The van der Waals surface area contributed by atoms with E-state index in [1.54, 1.807) is 6.07 Å². The zero-order valence-electron chi connectivity index (χ0n) is 8.77. The molecule has 1 aliphatic carbocycles. The molecule has 0 saturated carbocycles. The summed E-state index contributed by atoms with van der Waals surface area (Å²) in [5.41, 5.74) is 3.95. The number of allylic oxidation sites excluding steroid dienone is 1. The van der Waals surface area contributed by atoms with E-state index in [0.717, 1.165) is 35.1 Å². The van der Waals surface area contributed by atoms with Crippen molar-refractivity contribution in [3.05, 3.63) is 40.4 Å². The van der Waals surface area contributed by atoms with Crippen LogP contribution in [-0.4, -0.2) is 5.78 Å². The predicted octanol–water partition coefficient (Wildman–Crippen LogP) is 3.89. The van der Waals surface area contributed by atoms with Crippen LogP contribution in [0.15, 0.2) is 18.7 Å². The Bertz CT molecular complexity index is 429. The number of carbonyl (C=O) groups is 1. The number of carbonyl (C=O) groups excluding carboxylic acids is 1. The summed E-state index contributed by atoms with van der Waals surface area (Å²) >= 11 is 6.00. The average molecular weight is 221 g/mol. The van der Waals surface area contributed by atoms with E-state index >= 15 is 0 Å². The van der Waals surface area contributed by atoms with Gasteiger partial charge in [-0.3, -0.25) is 4.79 Å². The number of halogens is 1. The van der Waals surface area contributed by atoms with Gasteiger partial charge < -0.3 is 0 Å². The summed E-state index contributed by atoms with van der Waals surface area (Å²) in [5.74, 6) is 0.209. The van der Waals surface area contributed by atoms with Crippen molar-refractivity contribution in [2.24, 2.45) is 0 Å². The lowest BCUT2D eigenvalue weighted by atomic mass is 9.85. The van der Waals surface area contributed by atoms with Gasteiger partial charge in [0, 0.05) is 17.0 Å². The number of ketones is 1. The number of hydrogen-bond acceptors (Lipinski definition) is 1. The van der Waals surface area contributed by atoms with Gasteiger partial charge in [-0.1, -0.05) is 23.8 Å². The van der Waals surface area contributed by atoms with Gasteiger partial charge in [0.05, 0.1) is 0 Å². The molecule has 0 aromatic heterocycles. The van der Waals surface area contributed by atoms with Crippen LogP contribution in [0.4, 0.5) is 0 Å². The fourth-order valence-electron chi connectivity index (χ4n) is 2.10. The van der Waals surface area contributed by atoms with Gasteiger partial charge in [-0.15, -0.1) is 0 Å². The van der Waals surface area contributed by atoms with E-state index in [1.165, 1.54) is 0 Å². The Hall–Kier alpha value is -1.08. The Morgan fingerprint density at radius 2 is 2.13 bits per heavy atom. The third kappa shape index (κ3) is 1.84. The van der Waals surface area contributed by atoms with Crippen LogP contribution in [0.3, 0.4) is 0 Å². The summed E-state index contributed by atoms with van der Waals surface area (Å²) in [6.07, 6.45) is 2.54. The van der Waals surface area contributed by atoms with Crippen LogP contribution >= 0.6 is 11.6 Å². The van der Waals surface area contributed by atoms with Crippen molar-refractivity contribution in [1.82, 2.24) is 0 Å². The first-order valence-corrected chi connectivity index (χ1v) is 5.49. The maximum absolute atomic E-state index is 11.7. The molecule has 1 aromatic carbocycles. The molecule has 0 unspecified atom stereocenters. The Balaban J connectivity index is 2.67. The maximum atomic E-state index is 11.7. The van der Waals surface area contributed by atoms with Crippen LogP contribution in [0, 0.1) is 0 Å². The SMILES string of the molecule is C=C(C)c1cc(Cl)cc2c1CCCC2=O. The van der Waals surface area contributed by atoms with E-state index in [9.17, 15) is 4.79 Å². The normalized spacial score (nSPS) is 14.9. The topological polar surface area (TPSA) is 17.1 Å². The summed E-state index contributed by atoms with van der Waals surface area (Å²) in [5, 5.41) is 0.627. The quantitative estimate of drug-likeness (QED) is 0.702. The van der Waals surface area contributed by atoms with Crippen molar-refractivity contribution in [3.8, 4) is 0 Å². The second kappa shape index (κ2) is 3.82. The molecule has 2 heteroatoms. The second-order valence-corrected chi connectivity index (χ2v) is 4.47. The van der Waals surface area contributed by atoms with Crippen LogP contribution < -0.4 is 0 Å². The summed E-state index contributed by atoms with van der Waals surface area (Å²) in [4.78, 5) is 11.7. The van der Waals surface area contributed by atoms with Crippen LogP contribution in [0.25, 0.3) is 5.57 Å². The van der Waals surface area contributed by atoms with E-state index in [1.807, 2.05) is 13.0 Å². The maximum Gasteiger partial charge on any atom is 0.163 e. The first-order valence-electron chi connectivity index (χ1n) is 5.11. The molecule has 0 saturated heterocycles. The highest BCUT2D eigenvalue weighted by Gasteiger charge is 2.20. The molecule has 0 spiro atoms. The van der Waals surface area contributed by atoms with Gasteiger partial charge in [0.25, 0.3) is 0 Å². The molecule has 0 N–H and O–H groups in total. The predicted molar refractivity (Wildman–Crippen MR) is 63.4 cm³/mol. The summed E-state index contributed by atoms with van der Waals surface area (Å²) in [6.45, 7) is 5.88. The standard InChI is InChI=1S/C13H13ClO/c1-8(2)11-6-9(14)7-12-10(11)4-3-5-13(12)15/h6-7H,1,3-5H2,2H3. The molecule has 2 rings (SSSR count). The van der Waals surface area contributed by atoms with Crippen LogP contribution in [0.5, 0.6) is 0 Å². The fraction of sp³-hybridized carbons (Fsp3) is 0.308. The van der Waals surface area contributed by atoms with Crippen molar-refractivity contribution in [2.75, 3.05) is 0 Å². The van der Waals surface area contributed by atoms with E-state index < -0.39 is 0 Å². The second-order valence-electron chi connectivity index (χ2n) is 4.04. The van der Waals surface area contributed by atoms with Gasteiger partial charge >= 0.3 is 0 Å². The van der Waals surface area contributed by atoms with Gasteiger partial charge in [0.15, 0.2) is 5.78 Å². The molecule has 0 atom stereocenters. The molecule has 0 heterocycles. The molecule has 0 radical (unpaired) electrons. The molecule has 0 aliphatic heterocycles. The van der Waals surface area contributed by atoms with E-state index in [4.69, 9.17) is 11.6 Å². The van der Waals surface area contributed by atoms with Gasteiger partial charge in [-0.05, 0) is 43.0 Å². The number of rotatable bonds is 1. The smallest absolute Gasteiger partial charge is 0.163 e. The zero-order valence-corrected chi connectivity index (χ0v) is 9.53. The third-order valence-corrected chi connectivity index (χ3v) is 3.02. The lowest BCUT2D eigenvalue weighted by Gasteiger charge is -2.19. The number of fused-ring (bicyclic) bond motifs is 1. The molecule has 0 amide bonds. The number of hydrogen-bond donors (Lipinski definition) is 0. The Morgan fingerprint density at radius 1 is 1.40 bits per heavy atom. The summed E-state index contributed by atoms with van der Waals surface area (Å²) in [6, 6.07) is 3.69. The van der Waals surface area contributed by atoms with Gasteiger partial charge in [-0.25, -0.2) is 0 Å². The molecular weight excluding hydrogens is 208 g/mol. The van der Waals surface area contributed by atoms with E-state index in [-0.39, 0.29) is 5.78 Å². The molecular formula is C13H13ClO. The van der Waals surface area contributed by atoms with Gasteiger partial charge in [-0.2, -0.15) is 0 Å². The molecule has 1 aliphatic rings. The van der Waals surface area contributed by atoms with Crippen LogP contribution in [0.2, 0.25) is 5.02 Å². The highest BCUT2D eigenvalue weighted by Crippen LogP contribution is 2.31. The van der Waals surface area contributed by atoms with E-state index in [0.29, 0.717) is 11.4 Å². The highest BCUT2D eigenvalue weighted by atomic mass is 35.5. The molecule has 0 fully saturated rings. The third-order valence-electron chi connectivity index (χ3n) is 2.81.